The van der Waals surface area contributed by atoms with E-state index in [9.17, 15) is 13.2 Å². The van der Waals surface area contributed by atoms with Crippen molar-refractivity contribution in [3.05, 3.63) is 35.1 Å². The van der Waals surface area contributed by atoms with E-state index in [0.717, 1.165) is 0 Å². The van der Waals surface area contributed by atoms with E-state index in [1.165, 1.54) is 0 Å². The SMILES string of the molecule is CC(C)OC(O[Si])(OC(C)C)c1cc(F)c(F)cc1F. The quantitative estimate of drug-likeness (QED) is 0.459. The Morgan fingerprint density at radius 3 is 1.75 bits per heavy atom. The number of hydrogen-bond acceptors (Lipinski definition) is 3. The maximum absolute atomic E-state index is 13.9. The lowest BCUT2D eigenvalue weighted by Gasteiger charge is -2.35. The highest BCUT2D eigenvalue weighted by Gasteiger charge is 2.40. The molecule has 0 amide bonds. The minimum Gasteiger partial charge on any atom is -0.367 e. The number of hydrogen-bond donors (Lipinski definition) is 0. The summed E-state index contributed by atoms with van der Waals surface area (Å²) in [6, 6.07) is 1.06. The van der Waals surface area contributed by atoms with E-state index in [2.05, 4.69) is 10.5 Å². The van der Waals surface area contributed by atoms with Crippen LogP contribution in [0.1, 0.15) is 33.3 Å². The number of benzene rings is 1. The van der Waals surface area contributed by atoms with Gasteiger partial charge in [-0.25, -0.2) is 13.2 Å². The van der Waals surface area contributed by atoms with Crippen LogP contribution in [0.15, 0.2) is 12.1 Å². The molecule has 0 saturated carbocycles. The van der Waals surface area contributed by atoms with Crippen LogP contribution < -0.4 is 0 Å². The van der Waals surface area contributed by atoms with Crippen LogP contribution in [-0.2, 0) is 19.9 Å². The summed E-state index contributed by atoms with van der Waals surface area (Å²) in [6.45, 7) is 6.67. The lowest BCUT2D eigenvalue weighted by molar-refractivity contribution is -0.379. The standard InChI is InChI=1S/C13H16F3O3Si/c1-7(2)17-13(19-20,18-8(3)4)9-5-11(15)12(16)6-10(9)14/h5-8H,1-4H3. The topological polar surface area (TPSA) is 27.7 Å². The summed E-state index contributed by atoms with van der Waals surface area (Å²) in [5, 5.41) is 0. The van der Waals surface area contributed by atoms with Crippen molar-refractivity contribution in [1.29, 1.82) is 0 Å². The molecule has 1 aromatic rings. The maximum Gasteiger partial charge on any atom is 0.305 e. The highest BCUT2D eigenvalue weighted by molar-refractivity contribution is 5.98. The average Bonchev–Trinajstić information content (AvgIpc) is 2.31. The number of ether oxygens (including phenoxy) is 2. The largest absolute Gasteiger partial charge is 0.367 e. The van der Waals surface area contributed by atoms with E-state index in [0.29, 0.717) is 12.1 Å². The summed E-state index contributed by atoms with van der Waals surface area (Å²) in [6.07, 6.45) is -0.838. The van der Waals surface area contributed by atoms with Crippen molar-refractivity contribution in [2.75, 3.05) is 0 Å². The van der Waals surface area contributed by atoms with E-state index < -0.39 is 41.2 Å². The summed E-state index contributed by atoms with van der Waals surface area (Å²) in [5.74, 6) is -5.58. The van der Waals surface area contributed by atoms with Gasteiger partial charge in [0.2, 0.25) is 0 Å². The van der Waals surface area contributed by atoms with Gasteiger partial charge in [0, 0.05) is 6.07 Å². The van der Waals surface area contributed by atoms with Crippen molar-refractivity contribution in [3.8, 4) is 0 Å². The van der Waals surface area contributed by atoms with Gasteiger partial charge in [0.25, 0.3) is 10.5 Å². The zero-order valence-corrected chi connectivity index (χ0v) is 12.7. The van der Waals surface area contributed by atoms with E-state index in [4.69, 9.17) is 13.9 Å². The first-order chi connectivity index (χ1) is 9.21. The molecule has 0 aliphatic rings. The molecule has 0 aliphatic carbocycles. The molecule has 0 saturated heterocycles. The van der Waals surface area contributed by atoms with Crippen LogP contribution in [0.5, 0.6) is 0 Å². The fourth-order valence-electron chi connectivity index (χ4n) is 1.64. The van der Waals surface area contributed by atoms with Crippen LogP contribution in [0, 0.1) is 17.5 Å². The van der Waals surface area contributed by atoms with Gasteiger partial charge in [0.1, 0.15) is 5.82 Å². The molecule has 0 aliphatic heterocycles. The zero-order valence-electron chi connectivity index (χ0n) is 11.7. The fourth-order valence-corrected chi connectivity index (χ4v) is 1.84. The first kappa shape index (κ1) is 17.2. The van der Waals surface area contributed by atoms with Gasteiger partial charge >= 0.3 is 5.97 Å². The summed E-state index contributed by atoms with van der Waals surface area (Å²) >= 11 is 0. The summed E-state index contributed by atoms with van der Waals surface area (Å²) in [5.41, 5.74) is -0.395. The lowest BCUT2D eigenvalue weighted by Crippen LogP contribution is -2.41. The van der Waals surface area contributed by atoms with Crippen molar-refractivity contribution in [1.82, 2.24) is 0 Å². The third-order valence-corrected chi connectivity index (χ3v) is 2.52. The molecule has 7 heteroatoms. The van der Waals surface area contributed by atoms with Gasteiger partial charge in [-0.2, -0.15) is 0 Å². The fraction of sp³-hybridized carbons (Fsp3) is 0.538. The van der Waals surface area contributed by atoms with Crippen LogP contribution in [0.3, 0.4) is 0 Å². The molecule has 111 valence electrons. The molecule has 1 aromatic carbocycles. The molecule has 3 radical (unpaired) electrons. The minimum absolute atomic E-state index is 0.395. The molecule has 0 heterocycles. The molecule has 3 nitrogen and oxygen atoms in total. The van der Waals surface area contributed by atoms with Gasteiger partial charge in [0.15, 0.2) is 11.6 Å². The highest BCUT2D eigenvalue weighted by atomic mass is 28.2. The van der Waals surface area contributed by atoms with Crippen molar-refractivity contribution < 1.29 is 27.1 Å². The van der Waals surface area contributed by atoms with Gasteiger partial charge in [-0.3, -0.25) is 0 Å². The van der Waals surface area contributed by atoms with Gasteiger partial charge in [-0.1, -0.05) is 0 Å². The second-order valence-corrected chi connectivity index (χ2v) is 4.94. The first-order valence-corrected chi connectivity index (χ1v) is 6.48. The Kier molecular flexibility index (Phi) is 5.75. The molecule has 0 bridgehead atoms. The minimum atomic E-state index is -2.02. The molecule has 20 heavy (non-hydrogen) atoms. The Morgan fingerprint density at radius 1 is 0.900 bits per heavy atom. The van der Waals surface area contributed by atoms with E-state index in [-0.39, 0.29) is 0 Å². The first-order valence-electron chi connectivity index (χ1n) is 6.07. The third-order valence-electron chi connectivity index (χ3n) is 2.26. The normalized spacial score (nSPS) is 12.5. The zero-order chi connectivity index (χ0) is 15.5. The highest BCUT2D eigenvalue weighted by Crippen LogP contribution is 2.34. The third kappa shape index (κ3) is 3.82. The molecule has 0 spiro atoms. The smallest absolute Gasteiger partial charge is 0.305 e. The Balaban J connectivity index is 3.38. The van der Waals surface area contributed by atoms with Crippen molar-refractivity contribution in [2.45, 2.75) is 45.9 Å². The van der Waals surface area contributed by atoms with Crippen molar-refractivity contribution >= 4 is 10.5 Å². The molecule has 0 aromatic heterocycles. The lowest BCUT2D eigenvalue weighted by atomic mass is 10.1. The predicted molar refractivity (Wildman–Crippen MR) is 67.3 cm³/mol. The van der Waals surface area contributed by atoms with E-state index in [1.54, 1.807) is 27.7 Å². The maximum atomic E-state index is 13.9. The van der Waals surface area contributed by atoms with Gasteiger partial charge in [0.05, 0.1) is 17.8 Å². The Morgan fingerprint density at radius 2 is 1.35 bits per heavy atom. The van der Waals surface area contributed by atoms with Crippen LogP contribution in [0.25, 0.3) is 0 Å². The van der Waals surface area contributed by atoms with Crippen molar-refractivity contribution in [2.24, 2.45) is 0 Å². The van der Waals surface area contributed by atoms with E-state index in [1.807, 2.05) is 0 Å². The Bertz CT molecular complexity index is 456. The van der Waals surface area contributed by atoms with Gasteiger partial charge in [-0.05, 0) is 33.8 Å². The molecule has 0 unspecified atom stereocenters. The number of rotatable bonds is 6. The van der Waals surface area contributed by atoms with Gasteiger partial charge in [-0.15, -0.1) is 0 Å². The molecular weight excluding hydrogens is 289 g/mol. The Hall–Kier alpha value is -0.893. The summed E-state index contributed by atoms with van der Waals surface area (Å²) in [7, 11) is 2.77. The van der Waals surface area contributed by atoms with Crippen LogP contribution >= 0.6 is 0 Å². The average molecular weight is 305 g/mol. The van der Waals surface area contributed by atoms with Crippen LogP contribution in [0.4, 0.5) is 13.2 Å². The molecule has 1 rings (SSSR count). The monoisotopic (exact) mass is 305 g/mol. The van der Waals surface area contributed by atoms with Gasteiger partial charge < -0.3 is 13.9 Å². The van der Waals surface area contributed by atoms with Crippen LogP contribution in [0.2, 0.25) is 0 Å². The Labute approximate surface area is 119 Å². The van der Waals surface area contributed by atoms with E-state index >= 15 is 0 Å². The summed E-state index contributed by atoms with van der Waals surface area (Å²) < 4.78 is 56.2. The molecular formula is C13H16F3O3Si. The molecule has 0 N–H and O–H groups in total. The second kappa shape index (κ2) is 6.71. The molecule has 0 atom stereocenters. The van der Waals surface area contributed by atoms with Crippen molar-refractivity contribution in [3.63, 3.8) is 0 Å². The second-order valence-electron chi connectivity index (χ2n) is 4.74. The molecule has 0 fully saturated rings. The predicted octanol–water partition coefficient (Wildman–Crippen LogP) is 3.16. The van der Waals surface area contributed by atoms with Crippen LogP contribution in [-0.4, -0.2) is 22.7 Å². The number of halogens is 3. The summed E-state index contributed by atoms with van der Waals surface area (Å²) in [4.78, 5) is 0.